The standard InChI is InChI=1S/C15H17IN6O/c1-10-9-23-6-5-21(10)13-7-12(16)11-8-18-22(15(11)19-13)14-3-4-17-20(14)2/h3-4,7-8,10H,5-6,9H2,1-2H3/t10-/m1/s1. The van der Waals surface area contributed by atoms with Crippen molar-refractivity contribution in [3.05, 3.63) is 28.1 Å². The van der Waals surface area contributed by atoms with Gasteiger partial charge in [0.2, 0.25) is 0 Å². The predicted molar refractivity (Wildman–Crippen MR) is 96.0 cm³/mol. The molecule has 4 heterocycles. The molecular formula is C15H17IN6O. The van der Waals surface area contributed by atoms with Crippen LogP contribution in [0.5, 0.6) is 0 Å². The molecule has 3 aromatic heterocycles. The first-order chi connectivity index (χ1) is 11.1. The van der Waals surface area contributed by atoms with Crippen LogP contribution in [-0.2, 0) is 11.8 Å². The molecule has 1 aliphatic heterocycles. The van der Waals surface area contributed by atoms with Gasteiger partial charge in [0, 0.05) is 23.2 Å². The van der Waals surface area contributed by atoms with E-state index in [9.17, 15) is 0 Å². The van der Waals surface area contributed by atoms with Crippen molar-refractivity contribution in [1.29, 1.82) is 0 Å². The lowest BCUT2D eigenvalue weighted by Gasteiger charge is -2.34. The average molecular weight is 424 g/mol. The van der Waals surface area contributed by atoms with Crippen molar-refractivity contribution in [3.8, 4) is 5.82 Å². The maximum Gasteiger partial charge on any atom is 0.168 e. The molecule has 8 heteroatoms. The number of nitrogens with zero attached hydrogens (tertiary/aromatic N) is 6. The highest BCUT2D eigenvalue weighted by atomic mass is 127. The zero-order valence-electron chi connectivity index (χ0n) is 13.0. The van der Waals surface area contributed by atoms with Crippen LogP contribution in [0.1, 0.15) is 6.92 Å². The molecule has 0 radical (unpaired) electrons. The molecule has 1 fully saturated rings. The second-order valence-corrected chi connectivity index (χ2v) is 6.85. The van der Waals surface area contributed by atoms with Gasteiger partial charge < -0.3 is 9.64 Å². The molecule has 0 amide bonds. The average Bonchev–Trinajstić information content (AvgIpc) is 3.13. The van der Waals surface area contributed by atoms with Gasteiger partial charge in [0.05, 0.1) is 37.0 Å². The van der Waals surface area contributed by atoms with Gasteiger partial charge in [-0.3, -0.25) is 4.68 Å². The molecule has 23 heavy (non-hydrogen) atoms. The van der Waals surface area contributed by atoms with Gasteiger partial charge in [-0.1, -0.05) is 0 Å². The van der Waals surface area contributed by atoms with Gasteiger partial charge in [-0.25, -0.2) is 4.98 Å². The Balaban J connectivity index is 1.87. The molecule has 0 saturated carbocycles. The van der Waals surface area contributed by atoms with Crippen molar-refractivity contribution in [3.63, 3.8) is 0 Å². The summed E-state index contributed by atoms with van der Waals surface area (Å²) in [5, 5.41) is 9.79. The van der Waals surface area contributed by atoms with Crippen LogP contribution in [0, 0.1) is 3.57 Å². The van der Waals surface area contributed by atoms with Crippen molar-refractivity contribution >= 4 is 39.4 Å². The Morgan fingerprint density at radius 1 is 1.35 bits per heavy atom. The summed E-state index contributed by atoms with van der Waals surface area (Å²) in [5.41, 5.74) is 0.856. The van der Waals surface area contributed by atoms with Crippen molar-refractivity contribution in [2.24, 2.45) is 7.05 Å². The van der Waals surface area contributed by atoms with E-state index in [1.807, 2.05) is 24.0 Å². The normalized spacial score (nSPS) is 18.7. The number of pyridine rings is 1. The predicted octanol–water partition coefficient (Wildman–Crippen LogP) is 1.98. The quantitative estimate of drug-likeness (QED) is 0.589. The summed E-state index contributed by atoms with van der Waals surface area (Å²) in [6.07, 6.45) is 3.63. The molecule has 0 aliphatic carbocycles. The van der Waals surface area contributed by atoms with Crippen LogP contribution in [0.2, 0.25) is 0 Å². The van der Waals surface area contributed by atoms with E-state index < -0.39 is 0 Å². The van der Waals surface area contributed by atoms with E-state index in [0.717, 1.165) is 46.0 Å². The van der Waals surface area contributed by atoms with Crippen molar-refractivity contribution in [1.82, 2.24) is 24.5 Å². The highest BCUT2D eigenvalue weighted by Crippen LogP contribution is 2.27. The van der Waals surface area contributed by atoms with E-state index in [4.69, 9.17) is 9.72 Å². The van der Waals surface area contributed by atoms with Crippen LogP contribution in [0.15, 0.2) is 24.5 Å². The van der Waals surface area contributed by atoms with Crippen LogP contribution in [0.4, 0.5) is 5.82 Å². The molecule has 0 N–H and O–H groups in total. The van der Waals surface area contributed by atoms with E-state index in [-0.39, 0.29) is 0 Å². The first-order valence-electron chi connectivity index (χ1n) is 7.52. The molecule has 120 valence electrons. The number of halogens is 1. The molecule has 0 unspecified atom stereocenters. The summed E-state index contributed by atoms with van der Waals surface area (Å²) < 4.78 is 10.3. The van der Waals surface area contributed by atoms with E-state index in [2.05, 4.69) is 50.7 Å². The minimum atomic E-state index is 0.317. The molecule has 3 aromatic rings. The third-order valence-corrected chi connectivity index (χ3v) is 5.04. The fourth-order valence-electron chi connectivity index (χ4n) is 2.91. The van der Waals surface area contributed by atoms with E-state index in [0.29, 0.717) is 6.04 Å². The van der Waals surface area contributed by atoms with Crippen LogP contribution in [0.25, 0.3) is 16.9 Å². The Labute approximate surface area is 147 Å². The minimum absolute atomic E-state index is 0.317. The van der Waals surface area contributed by atoms with Gasteiger partial charge in [-0.05, 0) is 35.6 Å². The van der Waals surface area contributed by atoms with Gasteiger partial charge >= 0.3 is 0 Å². The van der Waals surface area contributed by atoms with E-state index in [1.165, 1.54) is 0 Å². The topological polar surface area (TPSA) is 61.0 Å². The van der Waals surface area contributed by atoms with Crippen molar-refractivity contribution in [2.75, 3.05) is 24.7 Å². The first-order valence-corrected chi connectivity index (χ1v) is 8.60. The molecule has 7 nitrogen and oxygen atoms in total. The molecule has 0 aromatic carbocycles. The summed E-state index contributed by atoms with van der Waals surface area (Å²) in [4.78, 5) is 7.19. The summed E-state index contributed by atoms with van der Waals surface area (Å²) in [6, 6.07) is 4.38. The highest BCUT2D eigenvalue weighted by Gasteiger charge is 2.22. The third-order valence-electron chi connectivity index (χ3n) is 4.15. The molecule has 4 rings (SSSR count). The number of morpholine rings is 1. The SMILES string of the molecule is C[C@@H]1COCCN1c1cc(I)c2cnn(-c3ccnn3C)c2n1. The summed E-state index contributed by atoms with van der Waals surface area (Å²) in [7, 11) is 1.90. The van der Waals surface area contributed by atoms with Crippen LogP contribution >= 0.6 is 22.6 Å². The molecule has 0 bridgehead atoms. The van der Waals surface area contributed by atoms with Crippen LogP contribution in [-0.4, -0.2) is 50.3 Å². The Hall–Kier alpha value is -1.68. The van der Waals surface area contributed by atoms with Gasteiger partial charge in [0.15, 0.2) is 11.5 Å². The Morgan fingerprint density at radius 3 is 2.96 bits per heavy atom. The first kappa shape index (κ1) is 14.9. The van der Waals surface area contributed by atoms with Crippen LogP contribution in [0.3, 0.4) is 0 Å². The number of ether oxygens (including phenoxy) is 1. The number of fused-ring (bicyclic) bond motifs is 1. The van der Waals surface area contributed by atoms with Crippen LogP contribution < -0.4 is 4.90 Å². The number of hydrogen-bond acceptors (Lipinski definition) is 5. The van der Waals surface area contributed by atoms with Gasteiger partial charge in [0.1, 0.15) is 5.82 Å². The highest BCUT2D eigenvalue weighted by molar-refractivity contribution is 14.1. The van der Waals surface area contributed by atoms with E-state index >= 15 is 0 Å². The zero-order valence-corrected chi connectivity index (χ0v) is 15.1. The summed E-state index contributed by atoms with van der Waals surface area (Å²) in [5.74, 6) is 1.87. The fourth-order valence-corrected chi connectivity index (χ4v) is 3.57. The molecule has 0 spiro atoms. The Bertz CT molecular complexity index is 857. The maximum atomic E-state index is 5.53. The summed E-state index contributed by atoms with van der Waals surface area (Å²) in [6.45, 7) is 4.49. The minimum Gasteiger partial charge on any atom is -0.377 e. The second-order valence-electron chi connectivity index (χ2n) is 5.69. The lowest BCUT2D eigenvalue weighted by atomic mass is 10.2. The second kappa shape index (κ2) is 5.75. The largest absolute Gasteiger partial charge is 0.377 e. The monoisotopic (exact) mass is 424 g/mol. The lowest BCUT2D eigenvalue weighted by Crippen LogP contribution is -2.44. The third kappa shape index (κ3) is 2.49. The number of rotatable bonds is 2. The molecular weight excluding hydrogens is 407 g/mol. The number of aryl methyl sites for hydroxylation is 1. The summed E-state index contributed by atoms with van der Waals surface area (Å²) >= 11 is 2.35. The lowest BCUT2D eigenvalue weighted by molar-refractivity contribution is 0.0985. The molecule has 1 atom stereocenters. The zero-order chi connectivity index (χ0) is 16.0. The van der Waals surface area contributed by atoms with Crippen molar-refractivity contribution in [2.45, 2.75) is 13.0 Å². The Morgan fingerprint density at radius 2 is 2.22 bits per heavy atom. The Kier molecular flexibility index (Phi) is 3.72. The van der Waals surface area contributed by atoms with Gasteiger partial charge in [-0.2, -0.15) is 14.9 Å². The number of aromatic nitrogens is 5. The van der Waals surface area contributed by atoms with Gasteiger partial charge in [-0.15, -0.1) is 0 Å². The van der Waals surface area contributed by atoms with Gasteiger partial charge in [0.25, 0.3) is 0 Å². The fraction of sp³-hybridized carbons (Fsp3) is 0.400. The number of anilines is 1. The molecule has 1 saturated heterocycles. The maximum absolute atomic E-state index is 5.53. The van der Waals surface area contributed by atoms with Crippen molar-refractivity contribution < 1.29 is 4.74 Å². The van der Waals surface area contributed by atoms with E-state index in [1.54, 1.807) is 10.9 Å². The smallest absolute Gasteiger partial charge is 0.168 e. The molecule has 1 aliphatic rings. The number of hydrogen-bond donors (Lipinski definition) is 0.